The van der Waals surface area contributed by atoms with Gasteiger partial charge in [-0.05, 0) is 55.9 Å². The highest BCUT2D eigenvalue weighted by atomic mass is 35.5. The summed E-state index contributed by atoms with van der Waals surface area (Å²) in [6, 6.07) is 5.02. The van der Waals surface area contributed by atoms with Crippen LogP contribution in [0.4, 0.5) is 27.7 Å². The molecule has 1 saturated heterocycles. The molecule has 4 rings (SSSR count). The zero-order chi connectivity index (χ0) is 22.8. The van der Waals surface area contributed by atoms with Crippen LogP contribution in [0.25, 0.3) is 0 Å². The van der Waals surface area contributed by atoms with Gasteiger partial charge in [0.2, 0.25) is 16.8 Å². The molecule has 0 bridgehead atoms. The van der Waals surface area contributed by atoms with E-state index in [1.54, 1.807) is 12.1 Å². The Hall–Kier alpha value is -2.76. The van der Waals surface area contributed by atoms with E-state index in [1.165, 1.54) is 16.6 Å². The van der Waals surface area contributed by atoms with E-state index in [9.17, 15) is 12.8 Å². The topological polar surface area (TPSA) is 116 Å². The molecule has 0 unspecified atom stereocenters. The third-order valence-corrected chi connectivity index (χ3v) is 6.58. The predicted molar refractivity (Wildman–Crippen MR) is 122 cm³/mol. The molecule has 1 aliphatic rings. The maximum atomic E-state index is 14.9. The number of nitrogens with zero attached hydrogens (tertiary/aromatic N) is 4. The summed E-state index contributed by atoms with van der Waals surface area (Å²) in [7, 11) is -2.56. The van der Waals surface area contributed by atoms with E-state index in [-0.39, 0.29) is 17.6 Å². The normalized spacial score (nSPS) is 15.3. The van der Waals surface area contributed by atoms with E-state index in [2.05, 4.69) is 30.8 Å². The lowest BCUT2D eigenvalue weighted by Gasteiger charge is -2.29. The SMILES string of the molecule is Cc1cc(Nc2nc(Nc3cc(C)c(C4CCN([SH](=O)=O)CC4)cc3F)ncc2Cl)n[nH]1. The van der Waals surface area contributed by atoms with Crippen LogP contribution >= 0.6 is 11.6 Å². The van der Waals surface area contributed by atoms with E-state index >= 15 is 0 Å². The van der Waals surface area contributed by atoms with E-state index in [0.29, 0.717) is 42.6 Å². The molecule has 1 aromatic carbocycles. The number of benzene rings is 1. The second kappa shape index (κ2) is 9.39. The highest BCUT2D eigenvalue weighted by Crippen LogP contribution is 2.34. The molecule has 0 spiro atoms. The van der Waals surface area contributed by atoms with Gasteiger partial charge < -0.3 is 10.6 Å². The van der Waals surface area contributed by atoms with Crippen molar-refractivity contribution in [3.63, 3.8) is 0 Å². The number of rotatable bonds is 6. The van der Waals surface area contributed by atoms with Crippen LogP contribution in [0.2, 0.25) is 5.02 Å². The molecule has 0 saturated carbocycles. The lowest BCUT2D eigenvalue weighted by Crippen LogP contribution is -2.31. The van der Waals surface area contributed by atoms with Gasteiger partial charge in [0.05, 0.1) is 11.9 Å². The minimum absolute atomic E-state index is 0.115. The number of aryl methyl sites for hydroxylation is 2. The van der Waals surface area contributed by atoms with Crippen molar-refractivity contribution in [3.8, 4) is 0 Å². The van der Waals surface area contributed by atoms with Gasteiger partial charge in [0, 0.05) is 24.8 Å². The Labute approximate surface area is 191 Å². The van der Waals surface area contributed by atoms with Gasteiger partial charge in [-0.1, -0.05) is 11.6 Å². The van der Waals surface area contributed by atoms with Gasteiger partial charge in [-0.2, -0.15) is 10.1 Å². The number of thiol groups is 1. The second-order valence-electron chi connectivity index (χ2n) is 7.73. The van der Waals surface area contributed by atoms with Crippen LogP contribution in [0.3, 0.4) is 0 Å². The number of aromatic amines is 1. The van der Waals surface area contributed by atoms with E-state index in [0.717, 1.165) is 16.8 Å². The van der Waals surface area contributed by atoms with Crippen molar-refractivity contribution in [2.45, 2.75) is 32.6 Å². The zero-order valence-corrected chi connectivity index (χ0v) is 19.2. The Balaban J connectivity index is 1.51. The molecule has 170 valence electrons. The first-order chi connectivity index (χ1) is 15.3. The number of H-pyrrole nitrogens is 1. The number of nitrogens with one attached hydrogen (secondary N) is 3. The van der Waals surface area contributed by atoms with E-state index in [1.807, 2.05) is 13.8 Å². The van der Waals surface area contributed by atoms with E-state index < -0.39 is 16.7 Å². The van der Waals surface area contributed by atoms with Gasteiger partial charge >= 0.3 is 0 Å². The monoisotopic (exact) mass is 479 g/mol. The molecule has 2 aromatic heterocycles. The highest BCUT2D eigenvalue weighted by molar-refractivity contribution is 7.69. The molecule has 1 aliphatic heterocycles. The van der Waals surface area contributed by atoms with Gasteiger partial charge in [-0.15, -0.1) is 0 Å². The predicted octanol–water partition coefficient (Wildman–Crippen LogP) is 3.80. The first-order valence-corrected chi connectivity index (χ1v) is 11.6. The molecule has 0 aliphatic carbocycles. The van der Waals surface area contributed by atoms with Crippen molar-refractivity contribution in [2.75, 3.05) is 23.7 Å². The largest absolute Gasteiger partial charge is 0.322 e. The maximum Gasteiger partial charge on any atom is 0.229 e. The van der Waals surface area contributed by atoms with Gasteiger partial charge in [-0.25, -0.2) is 22.1 Å². The molecule has 3 heterocycles. The summed E-state index contributed by atoms with van der Waals surface area (Å²) >= 11 is 6.18. The Morgan fingerprint density at radius 3 is 2.59 bits per heavy atom. The van der Waals surface area contributed by atoms with Gasteiger partial charge in [-0.3, -0.25) is 5.10 Å². The van der Waals surface area contributed by atoms with Gasteiger partial charge in [0.1, 0.15) is 10.8 Å². The summed E-state index contributed by atoms with van der Waals surface area (Å²) in [6.45, 7) is 4.69. The average molecular weight is 480 g/mol. The van der Waals surface area contributed by atoms with Crippen molar-refractivity contribution in [3.05, 3.63) is 52.1 Å². The fourth-order valence-corrected chi connectivity index (χ4v) is 4.51. The van der Waals surface area contributed by atoms with Crippen LogP contribution in [0, 0.1) is 19.7 Å². The summed E-state index contributed by atoms with van der Waals surface area (Å²) in [5.74, 6) is 0.757. The number of anilines is 4. The van der Waals surface area contributed by atoms with Crippen molar-refractivity contribution in [2.24, 2.45) is 0 Å². The van der Waals surface area contributed by atoms with Crippen LogP contribution in [-0.2, 0) is 10.9 Å². The van der Waals surface area contributed by atoms with Crippen LogP contribution < -0.4 is 10.6 Å². The molecule has 3 aromatic rings. The average Bonchev–Trinajstić information content (AvgIpc) is 3.17. The molecular formula is C20H23ClFN7O2S. The smallest absolute Gasteiger partial charge is 0.229 e. The van der Waals surface area contributed by atoms with Crippen molar-refractivity contribution < 1.29 is 12.8 Å². The third kappa shape index (κ3) is 5.00. The molecule has 9 nitrogen and oxygen atoms in total. The third-order valence-electron chi connectivity index (χ3n) is 5.44. The van der Waals surface area contributed by atoms with E-state index in [4.69, 9.17) is 11.6 Å². The number of aromatic nitrogens is 4. The van der Waals surface area contributed by atoms with Crippen molar-refractivity contribution >= 4 is 45.8 Å². The second-order valence-corrected chi connectivity index (χ2v) is 9.18. The quantitative estimate of drug-likeness (QED) is 0.397. The number of hydrogen-bond donors (Lipinski definition) is 4. The summed E-state index contributed by atoms with van der Waals surface area (Å²) in [5, 5.41) is 13.1. The fourth-order valence-electron chi connectivity index (χ4n) is 3.81. The molecule has 12 heteroatoms. The summed E-state index contributed by atoms with van der Waals surface area (Å²) in [6.07, 6.45) is 2.75. The van der Waals surface area contributed by atoms with Crippen LogP contribution in [-0.4, -0.2) is 46.0 Å². The Morgan fingerprint density at radius 1 is 1.19 bits per heavy atom. The highest BCUT2D eigenvalue weighted by Gasteiger charge is 2.24. The van der Waals surface area contributed by atoms with Gasteiger partial charge in [0.25, 0.3) is 0 Å². The zero-order valence-electron chi connectivity index (χ0n) is 17.5. The molecule has 1 fully saturated rings. The Morgan fingerprint density at radius 2 is 1.94 bits per heavy atom. The lowest BCUT2D eigenvalue weighted by atomic mass is 9.87. The Kier molecular flexibility index (Phi) is 6.58. The van der Waals surface area contributed by atoms with Crippen LogP contribution in [0.1, 0.15) is 35.6 Å². The summed E-state index contributed by atoms with van der Waals surface area (Å²) in [5.41, 5.74) is 2.93. The molecule has 32 heavy (non-hydrogen) atoms. The van der Waals surface area contributed by atoms with Crippen molar-refractivity contribution in [1.82, 2.24) is 24.5 Å². The molecule has 0 radical (unpaired) electrons. The maximum absolute atomic E-state index is 14.9. The van der Waals surface area contributed by atoms with Crippen LogP contribution in [0.5, 0.6) is 0 Å². The molecular weight excluding hydrogens is 457 g/mol. The fraction of sp³-hybridized carbons (Fsp3) is 0.350. The van der Waals surface area contributed by atoms with Crippen LogP contribution in [0.15, 0.2) is 24.4 Å². The standard InChI is InChI=1S/C20H23ClFN7O2S/c1-11-7-17(16(22)9-14(11)13-3-5-29(6-4-13)32(30)31)24-20-23-10-15(21)19(26-20)25-18-8-12(2)27-28-18/h7-10,13,32H,3-6H2,1-2H3,(H3,23,24,25,26,27,28). The number of piperidine rings is 1. The van der Waals surface area contributed by atoms with Crippen molar-refractivity contribution in [1.29, 1.82) is 0 Å². The summed E-state index contributed by atoms with van der Waals surface area (Å²) < 4.78 is 38.7. The number of hydrogen-bond acceptors (Lipinski definition) is 7. The van der Waals surface area contributed by atoms with Gasteiger partial charge in [0.15, 0.2) is 11.6 Å². The Bertz CT molecular complexity index is 1200. The lowest BCUT2D eigenvalue weighted by molar-refractivity contribution is 0.326. The molecule has 3 N–H and O–H groups in total. The first-order valence-electron chi connectivity index (χ1n) is 10.1. The first kappa shape index (κ1) is 22.4. The minimum Gasteiger partial charge on any atom is -0.322 e. The number of halogens is 2. The molecule has 0 amide bonds. The summed E-state index contributed by atoms with van der Waals surface area (Å²) in [4.78, 5) is 8.47. The molecule has 0 atom stereocenters. The minimum atomic E-state index is -2.56.